The molecule has 0 spiro atoms. The average molecular weight is 298 g/mol. The Balaban J connectivity index is 1.40. The Morgan fingerprint density at radius 1 is 1.10 bits per heavy atom. The van der Waals surface area contributed by atoms with Crippen LogP contribution in [0.5, 0.6) is 0 Å². The number of urea groups is 1. The lowest BCUT2D eigenvalue weighted by molar-refractivity contribution is -0.120. The Labute approximate surface area is 125 Å². The first-order valence-electron chi connectivity index (χ1n) is 7.85. The van der Waals surface area contributed by atoms with Crippen LogP contribution >= 0.6 is 0 Å². The number of unbranched alkanes of at least 4 members (excludes halogenated alkanes) is 1. The van der Waals surface area contributed by atoms with Crippen LogP contribution in [0.25, 0.3) is 0 Å². The summed E-state index contributed by atoms with van der Waals surface area (Å²) in [7, 11) is 0. The number of carbonyl (C=O) groups excluding carboxylic acids is 2. The molecule has 0 aromatic heterocycles. The van der Waals surface area contributed by atoms with Crippen molar-refractivity contribution in [3.8, 4) is 0 Å². The highest BCUT2D eigenvalue weighted by atomic mass is 16.5. The SMILES string of the molecule is O=C(CNC(=O)NCCCCN1CCOCC1)NC1CC1. The van der Waals surface area contributed by atoms with Gasteiger partial charge in [-0.2, -0.15) is 0 Å². The van der Waals surface area contributed by atoms with Crippen LogP contribution in [-0.4, -0.2) is 68.8 Å². The van der Waals surface area contributed by atoms with Crippen LogP contribution in [0.1, 0.15) is 25.7 Å². The van der Waals surface area contributed by atoms with Gasteiger partial charge < -0.3 is 20.7 Å². The van der Waals surface area contributed by atoms with E-state index >= 15 is 0 Å². The first kappa shape index (κ1) is 16.0. The highest BCUT2D eigenvalue weighted by Crippen LogP contribution is 2.18. The highest BCUT2D eigenvalue weighted by molar-refractivity contribution is 5.84. The maximum atomic E-state index is 11.5. The predicted molar refractivity (Wildman–Crippen MR) is 79.1 cm³/mol. The first-order chi connectivity index (χ1) is 10.2. The van der Waals surface area contributed by atoms with Gasteiger partial charge in [0.25, 0.3) is 0 Å². The van der Waals surface area contributed by atoms with Crippen LogP contribution in [0.2, 0.25) is 0 Å². The van der Waals surface area contributed by atoms with Gasteiger partial charge in [-0.05, 0) is 32.2 Å². The molecule has 1 saturated heterocycles. The van der Waals surface area contributed by atoms with Crippen molar-refractivity contribution in [2.75, 3.05) is 45.9 Å². The topological polar surface area (TPSA) is 82.7 Å². The van der Waals surface area contributed by atoms with Crippen molar-refractivity contribution in [1.29, 1.82) is 0 Å². The second kappa shape index (κ2) is 8.84. The van der Waals surface area contributed by atoms with Gasteiger partial charge in [0, 0.05) is 25.7 Å². The van der Waals surface area contributed by atoms with Crippen LogP contribution in [-0.2, 0) is 9.53 Å². The van der Waals surface area contributed by atoms with E-state index in [2.05, 4.69) is 20.9 Å². The third-order valence-electron chi connectivity index (χ3n) is 3.64. The highest BCUT2D eigenvalue weighted by Gasteiger charge is 2.23. The Morgan fingerprint density at radius 3 is 2.57 bits per heavy atom. The van der Waals surface area contributed by atoms with Crippen LogP contribution in [0.4, 0.5) is 4.79 Å². The van der Waals surface area contributed by atoms with E-state index in [1.54, 1.807) is 0 Å². The minimum Gasteiger partial charge on any atom is -0.379 e. The fourth-order valence-corrected chi connectivity index (χ4v) is 2.22. The number of hydrogen-bond acceptors (Lipinski definition) is 4. The molecule has 7 heteroatoms. The van der Waals surface area contributed by atoms with Crippen molar-refractivity contribution in [2.45, 2.75) is 31.7 Å². The normalized spacial score (nSPS) is 19.0. The minimum absolute atomic E-state index is 0.0517. The van der Waals surface area contributed by atoms with E-state index in [4.69, 9.17) is 4.74 Å². The molecule has 0 atom stereocenters. The van der Waals surface area contributed by atoms with Gasteiger partial charge in [0.1, 0.15) is 0 Å². The fourth-order valence-electron chi connectivity index (χ4n) is 2.22. The maximum absolute atomic E-state index is 11.5. The van der Waals surface area contributed by atoms with Gasteiger partial charge in [0.15, 0.2) is 0 Å². The zero-order chi connectivity index (χ0) is 14.9. The number of carbonyl (C=O) groups is 2. The molecule has 1 aliphatic carbocycles. The molecule has 2 aliphatic rings. The summed E-state index contributed by atoms with van der Waals surface area (Å²) in [5.74, 6) is -0.111. The lowest BCUT2D eigenvalue weighted by Gasteiger charge is -2.26. The summed E-state index contributed by atoms with van der Waals surface area (Å²) < 4.78 is 5.29. The van der Waals surface area contributed by atoms with Gasteiger partial charge in [0.2, 0.25) is 5.91 Å². The van der Waals surface area contributed by atoms with Gasteiger partial charge in [-0.15, -0.1) is 0 Å². The Hall–Kier alpha value is -1.34. The molecule has 1 heterocycles. The number of morpholine rings is 1. The van der Waals surface area contributed by atoms with Crippen LogP contribution in [0.3, 0.4) is 0 Å². The van der Waals surface area contributed by atoms with E-state index in [9.17, 15) is 9.59 Å². The summed E-state index contributed by atoms with van der Waals surface area (Å²) in [5.41, 5.74) is 0. The molecular weight excluding hydrogens is 272 g/mol. The monoisotopic (exact) mass is 298 g/mol. The van der Waals surface area contributed by atoms with Crippen LogP contribution in [0, 0.1) is 0 Å². The molecule has 0 aromatic carbocycles. The van der Waals surface area contributed by atoms with Gasteiger partial charge in [0.05, 0.1) is 19.8 Å². The molecule has 21 heavy (non-hydrogen) atoms. The molecular formula is C14H26N4O3. The van der Waals surface area contributed by atoms with Crippen LogP contribution < -0.4 is 16.0 Å². The number of hydrogen-bond donors (Lipinski definition) is 3. The molecule has 7 nitrogen and oxygen atoms in total. The zero-order valence-electron chi connectivity index (χ0n) is 12.5. The molecule has 2 fully saturated rings. The molecule has 1 aliphatic heterocycles. The molecule has 3 N–H and O–H groups in total. The average Bonchev–Trinajstić information content (AvgIpc) is 3.30. The summed E-state index contributed by atoms with van der Waals surface area (Å²) >= 11 is 0. The van der Waals surface area contributed by atoms with Gasteiger partial charge in [-0.1, -0.05) is 0 Å². The molecule has 3 amide bonds. The molecule has 0 bridgehead atoms. The second-order valence-electron chi connectivity index (χ2n) is 5.61. The second-order valence-corrected chi connectivity index (χ2v) is 5.61. The molecule has 2 rings (SSSR count). The van der Waals surface area contributed by atoms with Crippen LogP contribution in [0.15, 0.2) is 0 Å². The lowest BCUT2D eigenvalue weighted by atomic mass is 10.3. The summed E-state index contributed by atoms with van der Waals surface area (Å²) in [6.07, 6.45) is 4.11. The van der Waals surface area contributed by atoms with E-state index in [0.717, 1.165) is 58.5 Å². The number of ether oxygens (including phenoxy) is 1. The Kier molecular flexibility index (Phi) is 6.75. The van der Waals surface area contributed by atoms with Gasteiger partial charge in [-0.25, -0.2) is 4.79 Å². The lowest BCUT2D eigenvalue weighted by Crippen LogP contribution is -2.43. The number of nitrogens with zero attached hydrogens (tertiary/aromatic N) is 1. The predicted octanol–water partition coefficient (Wildman–Crippen LogP) is -0.323. The van der Waals surface area contributed by atoms with E-state index in [-0.39, 0.29) is 18.5 Å². The molecule has 0 unspecified atom stereocenters. The van der Waals surface area contributed by atoms with Crippen molar-refractivity contribution >= 4 is 11.9 Å². The summed E-state index contributed by atoms with van der Waals surface area (Å²) in [5, 5.41) is 8.16. The first-order valence-corrected chi connectivity index (χ1v) is 7.85. The molecule has 1 saturated carbocycles. The van der Waals surface area contributed by atoms with Gasteiger partial charge >= 0.3 is 6.03 Å². The minimum atomic E-state index is -0.271. The molecule has 0 radical (unpaired) electrons. The fraction of sp³-hybridized carbons (Fsp3) is 0.857. The van der Waals surface area contributed by atoms with Crippen molar-refractivity contribution in [2.24, 2.45) is 0 Å². The molecule has 120 valence electrons. The summed E-state index contributed by atoms with van der Waals surface area (Å²) in [6.45, 7) is 5.40. The van der Waals surface area contributed by atoms with Crippen molar-refractivity contribution in [3.05, 3.63) is 0 Å². The summed E-state index contributed by atoms with van der Waals surface area (Å²) in [6, 6.07) is 0.0647. The third kappa shape index (κ3) is 7.29. The Morgan fingerprint density at radius 2 is 1.86 bits per heavy atom. The quantitative estimate of drug-likeness (QED) is 0.536. The van der Waals surface area contributed by atoms with E-state index < -0.39 is 0 Å². The smallest absolute Gasteiger partial charge is 0.315 e. The standard InChI is InChI=1S/C14H26N4O3/c19-13(17-12-3-4-12)11-16-14(20)15-5-1-2-6-18-7-9-21-10-8-18/h12H,1-11H2,(H,17,19)(H2,15,16,20). The van der Waals surface area contributed by atoms with E-state index in [1.165, 1.54) is 0 Å². The number of nitrogens with one attached hydrogen (secondary N) is 3. The van der Waals surface area contributed by atoms with Crippen molar-refractivity contribution in [1.82, 2.24) is 20.9 Å². The number of amides is 3. The largest absolute Gasteiger partial charge is 0.379 e. The zero-order valence-corrected chi connectivity index (χ0v) is 12.5. The van der Waals surface area contributed by atoms with Gasteiger partial charge in [-0.3, -0.25) is 9.69 Å². The summed E-state index contributed by atoms with van der Waals surface area (Å²) in [4.78, 5) is 25.2. The number of rotatable bonds is 8. The Bertz CT molecular complexity index is 341. The van der Waals surface area contributed by atoms with Crippen molar-refractivity contribution < 1.29 is 14.3 Å². The van der Waals surface area contributed by atoms with Crippen molar-refractivity contribution in [3.63, 3.8) is 0 Å². The third-order valence-corrected chi connectivity index (χ3v) is 3.64. The maximum Gasteiger partial charge on any atom is 0.315 e. The van der Waals surface area contributed by atoms with E-state index in [0.29, 0.717) is 12.6 Å². The molecule has 0 aromatic rings. The van der Waals surface area contributed by atoms with E-state index in [1.807, 2.05) is 0 Å².